The fraction of sp³-hybridized carbons (Fsp3) is 0.720. The number of ether oxygens (including phenoxy) is 1. The number of hydrogen-bond acceptors (Lipinski definition) is 5. The number of fused-ring (bicyclic) bond motifs is 1. The number of halogens is 1. The molecule has 0 aromatic heterocycles. The molecule has 1 unspecified atom stereocenters. The predicted octanol–water partition coefficient (Wildman–Crippen LogP) is 4.20. The first-order valence-electron chi connectivity index (χ1n) is 11.9. The molecule has 2 aliphatic heterocycles. The molecule has 0 spiro atoms. The Morgan fingerprint density at radius 3 is 2.50 bits per heavy atom. The van der Waals surface area contributed by atoms with Crippen molar-refractivity contribution < 1.29 is 14.6 Å². The minimum absolute atomic E-state index is 0.0806. The smallest absolute Gasteiger partial charge is 0.410 e. The summed E-state index contributed by atoms with van der Waals surface area (Å²) < 4.78 is 6.64. The quantitative estimate of drug-likeness (QED) is 0.649. The summed E-state index contributed by atoms with van der Waals surface area (Å²) in [5.74, 6) is 0. The van der Waals surface area contributed by atoms with E-state index in [9.17, 15) is 9.90 Å². The number of rotatable bonds is 2. The zero-order valence-corrected chi connectivity index (χ0v) is 21.7. The monoisotopic (exact) mass is 507 g/mol. The molecule has 1 N–H and O–H groups in total. The van der Waals surface area contributed by atoms with Gasteiger partial charge < -0.3 is 14.7 Å². The Hall–Kier alpha value is -1.15. The second-order valence-electron chi connectivity index (χ2n) is 11.1. The Kier molecular flexibility index (Phi) is 6.67. The zero-order chi connectivity index (χ0) is 23.3. The van der Waals surface area contributed by atoms with Gasteiger partial charge in [0.15, 0.2) is 0 Å². The van der Waals surface area contributed by atoms with Crippen LogP contribution >= 0.6 is 15.9 Å². The topological polar surface area (TPSA) is 56.2 Å². The van der Waals surface area contributed by atoms with E-state index in [2.05, 4.69) is 57.8 Å². The number of carbonyl (C=O) groups is 1. The molecule has 1 aromatic rings. The first kappa shape index (κ1) is 24.0. The van der Waals surface area contributed by atoms with E-state index in [-0.39, 0.29) is 23.8 Å². The van der Waals surface area contributed by atoms with Gasteiger partial charge in [0.25, 0.3) is 0 Å². The number of likely N-dealkylation sites (tertiary alicyclic amines) is 1. The van der Waals surface area contributed by atoms with Crippen molar-refractivity contribution in [1.29, 1.82) is 0 Å². The molecular weight excluding hydrogens is 470 g/mol. The van der Waals surface area contributed by atoms with Gasteiger partial charge in [0, 0.05) is 55.2 Å². The van der Waals surface area contributed by atoms with Crippen LogP contribution < -0.4 is 0 Å². The highest BCUT2D eigenvalue weighted by Crippen LogP contribution is 2.40. The second-order valence-corrected chi connectivity index (χ2v) is 12.0. The fourth-order valence-corrected chi connectivity index (χ4v) is 6.08. The number of piperazine rings is 1. The Morgan fingerprint density at radius 2 is 1.88 bits per heavy atom. The summed E-state index contributed by atoms with van der Waals surface area (Å²) in [6.07, 6.45) is 2.10. The van der Waals surface area contributed by atoms with Crippen LogP contribution in [0.1, 0.15) is 64.6 Å². The molecule has 3 atom stereocenters. The Bertz CT molecular complexity index is 847. The summed E-state index contributed by atoms with van der Waals surface area (Å²) in [4.78, 5) is 19.4. The summed E-state index contributed by atoms with van der Waals surface area (Å²) in [5.41, 5.74) is 2.17. The molecule has 178 valence electrons. The lowest BCUT2D eigenvalue weighted by atomic mass is 9.86. The molecule has 1 aromatic carbocycles. The van der Waals surface area contributed by atoms with E-state index >= 15 is 0 Å². The lowest BCUT2D eigenvalue weighted by molar-refractivity contribution is -0.0526. The molecule has 2 saturated heterocycles. The van der Waals surface area contributed by atoms with Crippen LogP contribution in [0.25, 0.3) is 0 Å². The molecule has 0 bridgehead atoms. The number of hydrogen-bond donors (Lipinski definition) is 1. The average molecular weight is 509 g/mol. The summed E-state index contributed by atoms with van der Waals surface area (Å²) >= 11 is 3.56. The molecule has 2 heterocycles. The van der Waals surface area contributed by atoms with Crippen molar-refractivity contribution in [1.82, 2.24) is 14.7 Å². The van der Waals surface area contributed by atoms with Gasteiger partial charge in [0.05, 0.1) is 12.1 Å². The van der Waals surface area contributed by atoms with Gasteiger partial charge in [-0.3, -0.25) is 9.80 Å². The van der Waals surface area contributed by atoms with E-state index in [0.29, 0.717) is 6.04 Å². The van der Waals surface area contributed by atoms with Gasteiger partial charge in [-0.2, -0.15) is 0 Å². The largest absolute Gasteiger partial charge is 0.444 e. The van der Waals surface area contributed by atoms with Gasteiger partial charge in [-0.1, -0.05) is 22.0 Å². The molecular formula is C25H38BrN3O3. The normalized spacial score (nSPS) is 29.1. The highest BCUT2D eigenvalue weighted by molar-refractivity contribution is 9.10. The highest BCUT2D eigenvalue weighted by Gasteiger charge is 2.44. The third kappa shape index (κ3) is 4.86. The van der Waals surface area contributed by atoms with Crippen LogP contribution in [0.3, 0.4) is 0 Å². The maximum absolute atomic E-state index is 12.5. The lowest BCUT2D eigenvalue weighted by Gasteiger charge is -2.52. The summed E-state index contributed by atoms with van der Waals surface area (Å²) in [6.45, 7) is 14.8. The average Bonchev–Trinajstić information content (AvgIpc) is 3.01. The number of aliphatic hydroxyl groups is 1. The van der Waals surface area contributed by atoms with E-state index in [4.69, 9.17) is 4.74 Å². The molecule has 3 aliphatic rings. The van der Waals surface area contributed by atoms with Gasteiger partial charge in [-0.15, -0.1) is 0 Å². The van der Waals surface area contributed by atoms with Crippen molar-refractivity contribution in [3.63, 3.8) is 0 Å². The van der Waals surface area contributed by atoms with Crippen LogP contribution in [0, 0.1) is 0 Å². The van der Waals surface area contributed by atoms with Crippen LogP contribution in [-0.4, -0.2) is 81.9 Å². The Labute approximate surface area is 201 Å². The molecule has 2 fully saturated rings. The van der Waals surface area contributed by atoms with Gasteiger partial charge in [0.2, 0.25) is 0 Å². The van der Waals surface area contributed by atoms with Crippen LogP contribution in [0.5, 0.6) is 0 Å². The number of carbonyl (C=O) groups excluding carboxylic acids is 1. The Morgan fingerprint density at radius 1 is 1.19 bits per heavy atom. The number of piperidine rings is 1. The van der Waals surface area contributed by atoms with Crippen molar-refractivity contribution >= 4 is 22.0 Å². The standard InChI is InChI=1S/C25H38BrN3O3/c1-17-16-28(25(5)8-10-27(11-9-25)23(31)32-24(2,3)4)12-13-29(17)22-20-7-6-19(26)14-18(20)15-21(22)30/h6-7,14,17,21-22,30H,8-13,15-16H2,1-5H3/t17-,21+,22?/m0/s1. The number of nitrogens with zero attached hydrogens (tertiary/aromatic N) is 3. The minimum atomic E-state index is -0.455. The van der Waals surface area contributed by atoms with Crippen LogP contribution in [-0.2, 0) is 11.2 Å². The molecule has 0 saturated carbocycles. The lowest BCUT2D eigenvalue weighted by Crippen LogP contribution is -2.62. The summed E-state index contributed by atoms with van der Waals surface area (Å²) in [7, 11) is 0. The maximum Gasteiger partial charge on any atom is 0.410 e. The molecule has 1 amide bonds. The first-order valence-corrected chi connectivity index (χ1v) is 12.7. The zero-order valence-electron chi connectivity index (χ0n) is 20.1. The van der Waals surface area contributed by atoms with Crippen molar-refractivity contribution in [2.45, 2.75) is 83.2 Å². The number of amides is 1. The van der Waals surface area contributed by atoms with Crippen LogP contribution in [0.15, 0.2) is 22.7 Å². The van der Waals surface area contributed by atoms with Crippen LogP contribution in [0.4, 0.5) is 4.79 Å². The summed E-state index contributed by atoms with van der Waals surface area (Å²) in [6, 6.07) is 6.85. The molecule has 4 rings (SSSR count). The van der Waals surface area contributed by atoms with E-state index in [0.717, 1.165) is 56.5 Å². The number of aliphatic hydroxyl groups excluding tert-OH is 1. The minimum Gasteiger partial charge on any atom is -0.444 e. The fourth-order valence-electron chi connectivity index (χ4n) is 5.67. The van der Waals surface area contributed by atoms with Crippen molar-refractivity contribution in [3.05, 3.63) is 33.8 Å². The predicted molar refractivity (Wildman–Crippen MR) is 130 cm³/mol. The highest BCUT2D eigenvalue weighted by atomic mass is 79.9. The summed E-state index contributed by atoms with van der Waals surface area (Å²) in [5, 5.41) is 10.9. The van der Waals surface area contributed by atoms with E-state index in [1.54, 1.807) is 0 Å². The van der Waals surface area contributed by atoms with Crippen molar-refractivity contribution in [3.8, 4) is 0 Å². The maximum atomic E-state index is 12.5. The van der Waals surface area contributed by atoms with E-state index < -0.39 is 5.60 Å². The van der Waals surface area contributed by atoms with Crippen molar-refractivity contribution in [2.24, 2.45) is 0 Å². The van der Waals surface area contributed by atoms with E-state index in [1.807, 2.05) is 25.7 Å². The molecule has 32 heavy (non-hydrogen) atoms. The molecule has 0 radical (unpaired) electrons. The third-order valence-corrected chi connectivity index (χ3v) is 8.00. The van der Waals surface area contributed by atoms with Gasteiger partial charge >= 0.3 is 6.09 Å². The Balaban J connectivity index is 1.38. The number of benzene rings is 1. The first-order chi connectivity index (χ1) is 15.0. The van der Waals surface area contributed by atoms with Crippen molar-refractivity contribution in [2.75, 3.05) is 32.7 Å². The van der Waals surface area contributed by atoms with Gasteiger partial charge in [-0.05, 0) is 70.7 Å². The van der Waals surface area contributed by atoms with Crippen LogP contribution in [0.2, 0.25) is 0 Å². The molecule has 1 aliphatic carbocycles. The van der Waals surface area contributed by atoms with Gasteiger partial charge in [0.1, 0.15) is 5.60 Å². The van der Waals surface area contributed by atoms with E-state index in [1.165, 1.54) is 11.1 Å². The molecule has 7 heteroatoms. The second kappa shape index (κ2) is 8.90. The van der Waals surface area contributed by atoms with Gasteiger partial charge in [-0.25, -0.2) is 4.79 Å². The SMILES string of the molecule is C[C@H]1CN(C2(C)CCN(C(=O)OC(C)(C)C)CC2)CCN1C1c2ccc(Br)cc2C[C@H]1O. The third-order valence-electron chi connectivity index (χ3n) is 7.51. The molecule has 6 nitrogen and oxygen atoms in total.